The van der Waals surface area contributed by atoms with E-state index in [4.69, 9.17) is 23.2 Å². The molecule has 0 radical (unpaired) electrons. The molecule has 1 aromatic heterocycles. The van der Waals surface area contributed by atoms with Crippen molar-refractivity contribution in [3.8, 4) is 0 Å². The average molecular weight is 356 g/mol. The van der Waals surface area contributed by atoms with E-state index in [1.165, 1.54) is 17.4 Å². The summed E-state index contributed by atoms with van der Waals surface area (Å²) in [5, 5.41) is 0.891. The number of hydrogen-bond donors (Lipinski definition) is 1. The van der Waals surface area contributed by atoms with Crippen LogP contribution in [0.4, 0.5) is 0 Å². The van der Waals surface area contributed by atoms with E-state index in [0.29, 0.717) is 19.2 Å². The summed E-state index contributed by atoms with van der Waals surface area (Å²) in [7, 11) is 0. The Hall–Kier alpha value is -1.36. The van der Waals surface area contributed by atoms with Gasteiger partial charge < -0.3 is 4.98 Å². The van der Waals surface area contributed by atoms with Gasteiger partial charge in [0, 0.05) is 11.5 Å². The van der Waals surface area contributed by atoms with Gasteiger partial charge in [-0.05, 0) is 23.8 Å². The van der Waals surface area contributed by atoms with Crippen molar-refractivity contribution in [2.75, 3.05) is 0 Å². The lowest BCUT2D eigenvalue weighted by Crippen LogP contribution is -2.22. The van der Waals surface area contributed by atoms with Gasteiger partial charge in [-0.15, -0.1) is 11.3 Å². The van der Waals surface area contributed by atoms with Gasteiger partial charge in [-0.1, -0.05) is 50.0 Å². The fraction of sp³-hybridized carbons (Fsp3) is 0.250. The van der Waals surface area contributed by atoms with Crippen molar-refractivity contribution in [3.63, 3.8) is 0 Å². The Bertz CT molecular complexity index is 888. The van der Waals surface area contributed by atoms with Gasteiger partial charge in [0.25, 0.3) is 5.56 Å². The second kappa shape index (κ2) is 6.41. The first-order chi connectivity index (χ1) is 10.2. The molecule has 3 nitrogen and oxygen atoms in total. The van der Waals surface area contributed by atoms with E-state index in [1.54, 1.807) is 24.3 Å². The predicted octanol–water partition coefficient (Wildman–Crippen LogP) is 2.97. The molecule has 116 valence electrons. The van der Waals surface area contributed by atoms with E-state index in [0.717, 1.165) is 5.56 Å². The molecule has 1 aromatic carbocycles. The normalized spacial score (nSPS) is 13.7. The monoisotopic (exact) mass is 355 g/mol. The number of thiazole rings is 1. The van der Waals surface area contributed by atoms with Crippen LogP contribution in [0.25, 0.3) is 12.2 Å². The van der Waals surface area contributed by atoms with Crippen molar-refractivity contribution < 1.29 is 4.79 Å². The maximum Gasteiger partial charge on any atom is 0.266 e. The van der Waals surface area contributed by atoms with Crippen LogP contribution >= 0.6 is 34.5 Å². The van der Waals surface area contributed by atoms with E-state index >= 15 is 0 Å². The second-order valence-electron chi connectivity index (χ2n) is 5.86. The molecule has 0 saturated heterocycles. The number of Topliss-reactive ketones (excluding diaryl/α,β-unsaturated/α-hetero) is 1. The predicted molar refractivity (Wildman–Crippen MR) is 93.1 cm³/mol. The zero-order valence-electron chi connectivity index (χ0n) is 12.4. The molecule has 0 fully saturated rings. The highest BCUT2D eigenvalue weighted by Gasteiger charge is 2.18. The Morgan fingerprint density at radius 2 is 1.91 bits per heavy atom. The first-order valence-corrected chi connectivity index (χ1v) is 8.16. The largest absolute Gasteiger partial charge is 0.313 e. The number of rotatable bonds is 2. The summed E-state index contributed by atoms with van der Waals surface area (Å²) in [6.45, 7) is 5.50. The first-order valence-electron chi connectivity index (χ1n) is 6.59. The number of carbonyl (C=O) groups excluding carboxylic acids is 1. The Morgan fingerprint density at radius 1 is 1.23 bits per heavy atom. The number of aromatic amines is 1. The quantitative estimate of drug-likeness (QED) is 0.900. The van der Waals surface area contributed by atoms with Gasteiger partial charge in [0.2, 0.25) is 0 Å². The van der Waals surface area contributed by atoms with Gasteiger partial charge in [0.05, 0.1) is 19.2 Å². The Labute approximate surface area is 141 Å². The van der Waals surface area contributed by atoms with Gasteiger partial charge in [-0.3, -0.25) is 9.59 Å². The van der Waals surface area contributed by atoms with Gasteiger partial charge in [0.15, 0.2) is 5.78 Å². The molecular formula is C16H15Cl2NO2S. The Kier molecular flexibility index (Phi) is 4.95. The number of carbonyl (C=O) groups is 1. The molecule has 0 bridgehead atoms. The van der Waals surface area contributed by atoms with Crippen LogP contribution in [0.1, 0.15) is 26.3 Å². The van der Waals surface area contributed by atoms with Crippen molar-refractivity contribution >= 4 is 52.5 Å². The average Bonchev–Trinajstić information content (AvgIpc) is 2.73. The number of aromatic nitrogens is 1. The zero-order valence-corrected chi connectivity index (χ0v) is 14.7. The molecule has 6 heteroatoms. The van der Waals surface area contributed by atoms with Gasteiger partial charge in [-0.2, -0.15) is 0 Å². The topological polar surface area (TPSA) is 49.9 Å². The van der Waals surface area contributed by atoms with Crippen LogP contribution < -0.4 is 14.8 Å². The highest BCUT2D eigenvalue weighted by molar-refractivity contribution is 7.07. The highest BCUT2D eigenvalue weighted by Crippen LogP contribution is 2.22. The maximum absolute atomic E-state index is 12.0. The van der Waals surface area contributed by atoms with Crippen LogP contribution in [0.2, 0.25) is 10.0 Å². The minimum absolute atomic E-state index is 0.0360. The summed E-state index contributed by atoms with van der Waals surface area (Å²) < 4.78 is 1.04. The fourth-order valence-electron chi connectivity index (χ4n) is 1.61. The molecule has 0 unspecified atom stereocenters. The number of H-pyrrole nitrogens is 1. The highest BCUT2D eigenvalue weighted by atomic mass is 35.5. The number of ketones is 1. The summed E-state index contributed by atoms with van der Waals surface area (Å²) in [5.74, 6) is -0.0360. The van der Waals surface area contributed by atoms with Crippen molar-refractivity contribution in [2.45, 2.75) is 20.8 Å². The third-order valence-electron chi connectivity index (χ3n) is 2.92. The van der Waals surface area contributed by atoms with Crippen molar-refractivity contribution in [2.24, 2.45) is 5.41 Å². The van der Waals surface area contributed by atoms with Gasteiger partial charge >= 0.3 is 0 Å². The molecule has 1 N–H and O–H groups in total. The minimum Gasteiger partial charge on any atom is -0.313 e. The van der Waals surface area contributed by atoms with Crippen molar-refractivity contribution in [1.29, 1.82) is 0 Å². The molecule has 0 saturated carbocycles. The number of hydrogen-bond acceptors (Lipinski definition) is 3. The van der Waals surface area contributed by atoms with Crippen molar-refractivity contribution in [1.82, 2.24) is 4.98 Å². The maximum atomic E-state index is 12.0. The molecule has 0 aliphatic rings. The third-order valence-corrected chi connectivity index (χ3v) is 4.63. The van der Waals surface area contributed by atoms with Gasteiger partial charge in [-0.25, -0.2) is 0 Å². The number of benzene rings is 1. The lowest BCUT2D eigenvalue weighted by atomic mass is 9.91. The number of halogens is 2. The zero-order chi connectivity index (χ0) is 16.5. The van der Waals surface area contributed by atoms with Crippen LogP contribution in [-0.2, 0) is 4.79 Å². The molecule has 0 spiro atoms. The van der Waals surface area contributed by atoms with Crippen LogP contribution in [0, 0.1) is 5.41 Å². The lowest BCUT2D eigenvalue weighted by Gasteiger charge is -2.12. The molecule has 2 aromatic rings. The van der Waals surface area contributed by atoms with E-state index in [-0.39, 0.29) is 11.3 Å². The third kappa shape index (κ3) is 4.09. The molecule has 22 heavy (non-hydrogen) atoms. The molecule has 0 amide bonds. The molecule has 2 rings (SSSR count). The van der Waals surface area contributed by atoms with Crippen molar-refractivity contribution in [3.05, 3.63) is 53.4 Å². The van der Waals surface area contributed by atoms with E-state index in [2.05, 4.69) is 4.98 Å². The summed E-state index contributed by atoms with van der Waals surface area (Å²) in [6, 6.07) is 5.14. The van der Waals surface area contributed by atoms with E-state index < -0.39 is 5.41 Å². The number of nitrogens with one attached hydrogen (secondary N) is 1. The molecule has 0 aliphatic heterocycles. The van der Waals surface area contributed by atoms with Crippen LogP contribution in [0.3, 0.4) is 0 Å². The summed E-state index contributed by atoms with van der Waals surface area (Å²) >= 11 is 13.1. The molecular weight excluding hydrogens is 341 g/mol. The second-order valence-corrected chi connectivity index (χ2v) is 7.76. The molecule has 0 aliphatic carbocycles. The van der Waals surface area contributed by atoms with E-state index in [9.17, 15) is 9.59 Å². The Morgan fingerprint density at radius 3 is 2.50 bits per heavy atom. The van der Waals surface area contributed by atoms with Crippen LogP contribution in [0.15, 0.2) is 23.0 Å². The minimum atomic E-state index is -0.478. The summed E-state index contributed by atoms with van der Waals surface area (Å²) in [4.78, 5) is 26.6. The molecule has 0 atom stereocenters. The van der Waals surface area contributed by atoms with Crippen LogP contribution in [-0.4, -0.2) is 10.8 Å². The summed E-state index contributed by atoms with van der Waals surface area (Å²) in [5.41, 5.74) is 0.0635. The molecule has 1 heterocycles. The smallest absolute Gasteiger partial charge is 0.266 e. The summed E-state index contributed by atoms with van der Waals surface area (Å²) in [6.07, 6.45) is 3.18. The van der Waals surface area contributed by atoms with Crippen LogP contribution in [0.5, 0.6) is 0 Å². The van der Waals surface area contributed by atoms with E-state index in [1.807, 2.05) is 20.8 Å². The SMILES string of the molecule is CC(C)(C)C(=O)C=c1[nH]c(=O)c(=Cc2ccc(Cl)c(Cl)c2)s1. The Balaban J connectivity index is 2.48. The standard InChI is InChI=1S/C16H15Cl2NO2S/c1-16(2,3)13(20)8-14-19-15(21)12(22-14)7-9-4-5-10(17)11(18)6-9/h4-8H,1-3H3,(H,19,21). The first kappa shape index (κ1) is 17.0. The lowest BCUT2D eigenvalue weighted by molar-refractivity contribution is -0.119. The van der Waals surface area contributed by atoms with Gasteiger partial charge in [0.1, 0.15) is 0 Å². The fourth-order valence-corrected chi connectivity index (χ4v) is 2.81.